The van der Waals surface area contributed by atoms with Crippen LogP contribution in [0.25, 0.3) is 0 Å². The molecule has 0 heterocycles. The SMILES string of the molecule is [2H]C([2H])C(C)(C)C(C)(C)C(C)(C)C([2H])[2H]. The summed E-state index contributed by atoms with van der Waals surface area (Å²) in [7, 11) is 0. The van der Waals surface area contributed by atoms with E-state index in [1.54, 1.807) is 0 Å². The van der Waals surface area contributed by atoms with Gasteiger partial charge in [-0.1, -0.05) is 55.3 Å². The number of hydrogen-bond acceptors (Lipinski definition) is 0. The van der Waals surface area contributed by atoms with Crippen molar-refractivity contribution in [3.63, 3.8) is 0 Å². The topological polar surface area (TPSA) is 0 Å². The minimum Gasteiger partial charge on any atom is -0.0596 e. The molecule has 0 atom stereocenters. The minimum absolute atomic E-state index is 0.414. The Kier molecular flexibility index (Phi) is 1.28. The molecule has 0 aliphatic carbocycles. The Hall–Kier alpha value is 0. The molecule has 0 unspecified atom stereocenters. The van der Waals surface area contributed by atoms with Crippen LogP contribution in [0.5, 0.6) is 0 Å². The molecule has 0 N–H and O–H groups in total. The second-order valence-corrected chi connectivity index (χ2v) is 5.07. The monoisotopic (exact) mass is 160 g/mol. The molecule has 0 aliphatic rings. The van der Waals surface area contributed by atoms with Gasteiger partial charge in [-0.05, 0) is 16.2 Å². The zero-order chi connectivity index (χ0) is 12.7. The van der Waals surface area contributed by atoms with Crippen molar-refractivity contribution in [1.82, 2.24) is 0 Å². The highest BCUT2D eigenvalue weighted by Crippen LogP contribution is 2.50. The lowest BCUT2D eigenvalue weighted by atomic mass is 9.56. The Bertz CT molecular complexity index is 195. The van der Waals surface area contributed by atoms with Crippen LogP contribution in [0.3, 0.4) is 0 Å². The Morgan fingerprint density at radius 3 is 1.18 bits per heavy atom. The van der Waals surface area contributed by atoms with Gasteiger partial charge in [0.2, 0.25) is 0 Å². The molecule has 0 aromatic carbocycles. The predicted octanol–water partition coefficient (Wildman–Crippen LogP) is 4.10. The van der Waals surface area contributed by atoms with Crippen LogP contribution in [-0.4, -0.2) is 0 Å². The van der Waals surface area contributed by atoms with Crippen molar-refractivity contribution >= 4 is 0 Å². The first-order valence-corrected chi connectivity index (χ1v) is 4.08. The van der Waals surface area contributed by atoms with Crippen molar-refractivity contribution in [2.45, 2.75) is 55.3 Å². The van der Waals surface area contributed by atoms with Crippen LogP contribution in [-0.2, 0) is 0 Å². The van der Waals surface area contributed by atoms with Gasteiger partial charge < -0.3 is 0 Å². The van der Waals surface area contributed by atoms with E-state index in [4.69, 9.17) is 5.48 Å². The van der Waals surface area contributed by atoms with Crippen LogP contribution in [0.15, 0.2) is 0 Å². The molecule has 0 radical (unpaired) electrons. The van der Waals surface area contributed by atoms with Gasteiger partial charge in [0, 0.05) is 5.48 Å². The zero-order valence-electron chi connectivity index (χ0n) is 12.7. The third kappa shape index (κ3) is 1.98. The summed E-state index contributed by atoms with van der Waals surface area (Å²) in [5.41, 5.74) is -1.50. The van der Waals surface area contributed by atoms with Crippen molar-refractivity contribution < 1.29 is 5.48 Å². The molecule has 0 amide bonds. The highest BCUT2D eigenvalue weighted by atomic mass is 14.5. The van der Waals surface area contributed by atoms with Crippen molar-refractivity contribution in [1.29, 1.82) is 0 Å². The molecule has 0 bridgehead atoms. The van der Waals surface area contributed by atoms with Crippen molar-refractivity contribution in [2.75, 3.05) is 0 Å². The van der Waals surface area contributed by atoms with E-state index in [-0.39, 0.29) is 0 Å². The Morgan fingerprint density at radius 1 is 0.727 bits per heavy atom. The van der Waals surface area contributed by atoms with E-state index in [9.17, 15) is 0 Å². The predicted molar refractivity (Wildman–Crippen MR) is 52.7 cm³/mol. The molecule has 0 saturated heterocycles. The van der Waals surface area contributed by atoms with Gasteiger partial charge in [0.1, 0.15) is 0 Å². The average Bonchev–Trinajstić information content (AvgIpc) is 2.02. The summed E-state index contributed by atoms with van der Waals surface area (Å²) in [5, 5.41) is 0. The first-order chi connectivity index (χ1) is 6.39. The summed E-state index contributed by atoms with van der Waals surface area (Å²) in [6.45, 7) is 9.52. The summed E-state index contributed by atoms with van der Waals surface area (Å²) in [4.78, 5) is 0. The average molecular weight is 160 g/mol. The van der Waals surface area contributed by atoms with Crippen LogP contribution in [0, 0.1) is 16.2 Å². The van der Waals surface area contributed by atoms with Crippen LogP contribution >= 0.6 is 0 Å². The van der Waals surface area contributed by atoms with Gasteiger partial charge in [-0.15, -0.1) is 0 Å². The van der Waals surface area contributed by atoms with Crippen molar-refractivity contribution in [3.8, 4) is 0 Å². The third-order valence-electron chi connectivity index (χ3n) is 3.22. The lowest BCUT2D eigenvalue weighted by molar-refractivity contribution is 0.00575. The van der Waals surface area contributed by atoms with Gasteiger partial charge in [0.05, 0.1) is 0 Å². The highest BCUT2D eigenvalue weighted by Gasteiger charge is 2.42. The maximum atomic E-state index is 7.60. The van der Waals surface area contributed by atoms with E-state index in [0.717, 1.165) is 0 Å². The van der Waals surface area contributed by atoms with E-state index in [0.29, 0.717) is 0 Å². The van der Waals surface area contributed by atoms with Gasteiger partial charge in [0.15, 0.2) is 0 Å². The molecule has 0 heteroatoms. The number of rotatable bonds is 0. The third-order valence-corrected chi connectivity index (χ3v) is 3.22. The Morgan fingerprint density at radius 2 is 1.00 bits per heavy atom. The summed E-state index contributed by atoms with van der Waals surface area (Å²) in [6, 6.07) is 0. The summed E-state index contributed by atoms with van der Waals surface area (Å²) < 4.78 is 30.4. The zero-order valence-corrected chi connectivity index (χ0v) is 8.65. The largest absolute Gasteiger partial charge is 0.0596 e. The maximum absolute atomic E-state index is 7.60. The molecule has 0 spiro atoms. The van der Waals surface area contributed by atoms with Gasteiger partial charge in [-0.2, -0.15) is 0 Å². The highest BCUT2D eigenvalue weighted by molar-refractivity contribution is 4.91. The quantitative estimate of drug-likeness (QED) is 0.500. The smallest absolute Gasteiger partial charge is 0.0236 e. The van der Waals surface area contributed by atoms with Crippen LogP contribution < -0.4 is 0 Å². The maximum Gasteiger partial charge on any atom is 0.0236 e. The molecule has 11 heavy (non-hydrogen) atoms. The molecule has 0 rings (SSSR count). The summed E-state index contributed by atoms with van der Waals surface area (Å²) in [5.74, 6) is 0. The van der Waals surface area contributed by atoms with Crippen molar-refractivity contribution in [2.24, 2.45) is 16.2 Å². The second-order valence-electron chi connectivity index (χ2n) is 5.07. The summed E-state index contributed by atoms with van der Waals surface area (Å²) >= 11 is 0. The molecule has 68 valence electrons. The van der Waals surface area contributed by atoms with Crippen molar-refractivity contribution in [3.05, 3.63) is 0 Å². The van der Waals surface area contributed by atoms with Crippen LogP contribution in [0.4, 0.5) is 0 Å². The van der Waals surface area contributed by atoms with E-state index >= 15 is 0 Å². The fraction of sp³-hybridized carbons (Fsp3) is 1.00. The molecular weight excluding hydrogens is 132 g/mol. The standard InChI is InChI=1S/C11H24/c1-9(2,3)11(7,8)10(4,5)6/h1-8H3/i1D2,4D2. The first kappa shape index (κ1) is 5.61. The van der Waals surface area contributed by atoms with Gasteiger partial charge >= 0.3 is 0 Å². The second kappa shape index (κ2) is 2.50. The molecule has 0 saturated carbocycles. The Balaban J connectivity index is 5.30. The normalized spacial score (nSPS) is 21.1. The van der Waals surface area contributed by atoms with E-state index in [2.05, 4.69) is 0 Å². The number of hydrogen-bond donors (Lipinski definition) is 0. The molecular formula is C11H24. The lowest BCUT2D eigenvalue weighted by Gasteiger charge is -2.49. The van der Waals surface area contributed by atoms with E-state index in [1.165, 1.54) is 0 Å². The van der Waals surface area contributed by atoms with Gasteiger partial charge in [0.25, 0.3) is 0 Å². The van der Waals surface area contributed by atoms with E-state index in [1.807, 2.05) is 41.5 Å². The molecule has 0 aromatic rings. The first-order valence-electron chi connectivity index (χ1n) is 6.39. The van der Waals surface area contributed by atoms with Gasteiger partial charge in [-0.3, -0.25) is 0 Å². The van der Waals surface area contributed by atoms with Gasteiger partial charge in [-0.25, -0.2) is 0 Å². The molecule has 0 aromatic heterocycles. The van der Waals surface area contributed by atoms with Crippen LogP contribution in [0.1, 0.15) is 60.8 Å². The molecule has 0 fully saturated rings. The minimum atomic E-state index is -0.953. The van der Waals surface area contributed by atoms with Crippen LogP contribution in [0.2, 0.25) is 0 Å². The lowest BCUT2D eigenvalue weighted by Crippen LogP contribution is -2.41. The van der Waals surface area contributed by atoms with E-state index < -0.39 is 30.0 Å². The fourth-order valence-electron chi connectivity index (χ4n) is 0.830. The summed E-state index contributed by atoms with van der Waals surface area (Å²) in [6.07, 6.45) is 0. The molecule has 0 nitrogen and oxygen atoms in total. The molecule has 0 aliphatic heterocycles. The Labute approximate surface area is 78.0 Å². The fourth-order valence-corrected chi connectivity index (χ4v) is 0.830.